The van der Waals surface area contributed by atoms with Gasteiger partial charge in [-0.25, -0.2) is 14.8 Å². The number of ether oxygens (including phenoxy) is 1. The van der Waals surface area contributed by atoms with Gasteiger partial charge in [0.1, 0.15) is 22.5 Å². The van der Waals surface area contributed by atoms with Gasteiger partial charge in [0.2, 0.25) is 0 Å². The van der Waals surface area contributed by atoms with Crippen LogP contribution in [0.4, 0.5) is 17.2 Å². The maximum atomic E-state index is 12.2. The van der Waals surface area contributed by atoms with Crippen molar-refractivity contribution in [3.8, 4) is 0 Å². The van der Waals surface area contributed by atoms with E-state index in [9.17, 15) is 14.9 Å². The number of hydrogen-bond donors (Lipinski definition) is 0. The first-order chi connectivity index (χ1) is 14.5. The molecule has 156 valence electrons. The van der Waals surface area contributed by atoms with E-state index in [0.717, 1.165) is 34.8 Å². The normalized spacial score (nSPS) is 14.2. The number of esters is 1. The zero-order valence-electron chi connectivity index (χ0n) is 16.7. The number of anilines is 2. The Morgan fingerprint density at radius 1 is 1.20 bits per heavy atom. The molecular weight excluding hydrogens is 406 g/mol. The van der Waals surface area contributed by atoms with Crippen molar-refractivity contribution in [2.24, 2.45) is 0 Å². The molecule has 0 unspecified atom stereocenters. The first kappa shape index (κ1) is 20.0. The second-order valence-corrected chi connectivity index (χ2v) is 8.16. The molecule has 4 rings (SSSR count). The number of nitro groups is 1. The monoisotopic (exact) mass is 427 g/mol. The summed E-state index contributed by atoms with van der Waals surface area (Å²) in [5.74, 6) is 0.251. The van der Waals surface area contributed by atoms with Crippen molar-refractivity contribution in [1.29, 1.82) is 0 Å². The van der Waals surface area contributed by atoms with Crippen LogP contribution in [-0.4, -0.2) is 53.6 Å². The van der Waals surface area contributed by atoms with Crippen LogP contribution in [0.5, 0.6) is 0 Å². The van der Waals surface area contributed by atoms with Gasteiger partial charge in [0, 0.05) is 42.8 Å². The summed E-state index contributed by atoms with van der Waals surface area (Å²) in [6.45, 7) is 6.78. The highest BCUT2D eigenvalue weighted by Crippen LogP contribution is 2.31. The molecule has 1 aromatic carbocycles. The molecule has 0 aliphatic carbocycles. The predicted octanol–water partition coefficient (Wildman–Crippen LogP) is 3.41. The number of nitro benzene ring substituents is 1. The zero-order valence-corrected chi connectivity index (χ0v) is 17.5. The minimum Gasteiger partial charge on any atom is -0.462 e. The number of piperazine rings is 1. The Kier molecular flexibility index (Phi) is 5.49. The van der Waals surface area contributed by atoms with E-state index < -0.39 is 10.9 Å². The van der Waals surface area contributed by atoms with Gasteiger partial charge in [-0.15, -0.1) is 11.3 Å². The number of rotatable bonds is 5. The number of benzene rings is 1. The van der Waals surface area contributed by atoms with E-state index in [1.54, 1.807) is 36.7 Å². The molecule has 0 saturated carbocycles. The zero-order chi connectivity index (χ0) is 21.3. The van der Waals surface area contributed by atoms with Gasteiger partial charge in [-0.3, -0.25) is 10.1 Å². The van der Waals surface area contributed by atoms with Gasteiger partial charge in [-0.1, -0.05) is 0 Å². The van der Waals surface area contributed by atoms with E-state index in [1.807, 2.05) is 0 Å². The van der Waals surface area contributed by atoms with E-state index in [2.05, 4.69) is 32.8 Å². The summed E-state index contributed by atoms with van der Waals surface area (Å²) < 4.78 is 5.00. The Bertz CT molecular complexity index is 1110. The highest BCUT2D eigenvalue weighted by Gasteiger charge is 2.25. The molecule has 9 nitrogen and oxygen atoms in total. The van der Waals surface area contributed by atoms with E-state index in [0.29, 0.717) is 13.1 Å². The van der Waals surface area contributed by atoms with Crippen LogP contribution >= 0.6 is 11.3 Å². The van der Waals surface area contributed by atoms with Crippen LogP contribution in [0.2, 0.25) is 0 Å². The average molecular weight is 427 g/mol. The summed E-state index contributed by atoms with van der Waals surface area (Å²) in [5, 5.41) is 12.4. The fraction of sp³-hybridized carbons (Fsp3) is 0.350. The Morgan fingerprint density at radius 3 is 2.63 bits per heavy atom. The lowest BCUT2D eigenvalue weighted by Crippen LogP contribution is -2.47. The lowest BCUT2D eigenvalue weighted by Gasteiger charge is -2.37. The molecule has 3 heterocycles. The van der Waals surface area contributed by atoms with Crippen LogP contribution in [0.25, 0.3) is 10.2 Å². The molecule has 0 bridgehead atoms. The minimum absolute atomic E-state index is 0.0203. The fourth-order valence-corrected chi connectivity index (χ4v) is 4.49. The van der Waals surface area contributed by atoms with Gasteiger partial charge in [-0.05, 0) is 32.0 Å². The van der Waals surface area contributed by atoms with E-state index in [-0.39, 0.29) is 17.9 Å². The van der Waals surface area contributed by atoms with Crippen LogP contribution in [0.1, 0.15) is 22.2 Å². The van der Waals surface area contributed by atoms with Gasteiger partial charge in [-0.2, -0.15) is 0 Å². The highest BCUT2D eigenvalue weighted by atomic mass is 32.1. The topological polar surface area (TPSA) is 102 Å². The third-order valence-electron chi connectivity index (χ3n) is 5.05. The molecule has 1 saturated heterocycles. The highest BCUT2D eigenvalue weighted by molar-refractivity contribution is 7.18. The van der Waals surface area contributed by atoms with Crippen LogP contribution in [0.3, 0.4) is 0 Å². The Morgan fingerprint density at radius 2 is 1.93 bits per heavy atom. The number of carbonyl (C=O) groups excluding carboxylic acids is 1. The fourth-order valence-electron chi connectivity index (χ4n) is 3.64. The standard InChI is InChI=1S/C20H21N5O4S/c1-3-29-20(26)15-11-14(4-5-17(15)25(27)28)23-6-8-24(9-7-23)18-16-10-13(2)30-19(16)22-12-21-18/h4-5,10-12H,3,6-9H2,1-2H3. The first-order valence-corrected chi connectivity index (χ1v) is 10.5. The van der Waals surface area contributed by atoms with E-state index in [4.69, 9.17) is 4.74 Å². The van der Waals surface area contributed by atoms with Gasteiger partial charge >= 0.3 is 5.97 Å². The van der Waals surface area contributed by atoms with Crippen molar-refractivity contribution >= 4 is 44.7 Å². The molecule has 2 aromatic heterocycles. The molecule has 1 aliphatic rings. The molecule has 0 N–H and O–H groups in total. The molecular formula is C20H21N5O4S. The van der Waals surface area contributed by atoms with E-state index in [1.165, 1.54) is 10.9 Å². The Labute approximate surface area is 177 Å². The summed E-state index contributed by atoms with van der Waals surface area (Å²) >= 11 is 1.65. The van der Waals surface area contributed by atoms with Crippen molar-refractivity contribution < 1.29 is 14.5 Å². The van der Waals surface area contributed by atoms with Crippen molar-refractivity contribution in [3.63, 3.8) is 0 Å². The van der Waals surface area contributed by atoms with Gasteiger partial charge < -0.3 is 14.5 Å². The third kappa shape index (κ3) is 3.78. The summed E-state index contributed by atoms with van der Waals surface area (Å²) in [4.78, 5) is 38.3. The van der Waals surface area contributed by atoms with Crippen molar-refractivity contribution in [2.45, 2.75) is 13.8 Å². The van der Waals surface area contributed by atoms with Crippen molar-refractivity contribution in [1.82, 2.24) is 9.97 Å². The molecule has 0 atom stereocenters. The van der Waals surface area contributed by atoms with Gasteiger partial charge in [0.25, 0.3) is 5.69 Å². The molecule has 1 fully saturated rings. The average Bonchev–Trinajstić information content (AvgIpc) is 3.13. The summed E-state index contributed by atoms with van der Waals surface area (Å²) in [6, 6.07) is 6.72. The smallest absolute Gasteiger partial charge is 0.345 e. The van der Waals surface area contributed by atoms with Crippen LogP contribution in [0, 0.1) is 17.0 Å². The molecule has 0 spiro atoms. The maximum Gasteiger partial charge on any atom is 0.345 e. The summed E-state index contributed by atoms with van der Waals surface area (Å²) in [5.41, 5.74) is 0.502. The first-order valence-electron chi connectivity index (χ1n) is 9.64. The lowest BCUT2D eigenvalue weighted by molar-refractivity contribution is -0.385. The number of nitrogens with zero attached hydrogens (tertiary/aromatic N) is 5. The SMILES string of the molecule is CCOC(=O)c1cc(N2CCN(c3ncnc4sc(C)cc34)CC2)ccc1[N+](=O)[O-]. The van der Waals surface area contributed by atoms with Gasteiger partial charge in [0.05, 0.1) is 16.9 Å². The molecule has 1 aliphatic heterocycles. The number of carbonyl (C=O) groups is 1. The Hall–Kier alpha value is -3.27. The number of fused-ring (bicyclic) bond motifs is 1. The van der Waals surface area contributed by atoms with Crippen molar-refractivity contribution in [2.75, 3.05) is 42.6 Å². The van der Waals surface area contributed by atoms with E-state index >= 15 is 0 Å². The molecule has 0 amide bonds. The molecule has 30 heavy (non-hydrogen) atoms. The predicted molar refractivity (Wildman–Crippen MR) is 116 cm³/mol. The lowest BCUT2D eigenvalue weighted by atomic mass is 10.1. The van der Waals surface area contributed by atoms with Crippen LogP contribution in [-0.2, 0) is 4.74 Å². The second-order valence-electron chi connectivity index (χ2n) is 6.93. The van der Waals surface area contributed by atoms with Crippen molar-refractivity contribution in [3.05, 3.63) is 51.1 Å². The van der Waals surface area contributed by atoms with Gasteiger partial charge in [0.15, 0.2) is 0 Å². The number of thiophene rings is 1. The van der Waals surface area contributed by atoms with Crippen LogP contribution in [0.15, 0.2) is 30.6 Å². The van der Waals surface area contributed by atoms with Crippen LogP contribution < -0.4 is 9.80 Å². The summed E-state index contributed by atoms with van der Waals surface area (Å²) in [7, 11) is 0. The minimum atomic E-state index is -0.680. The molecule has 3 aromatic rings. The maximum absolute atomic E-state index is 12.2. The second kappa shape index (κ2) is 8.23. The largest absolute Gasteiger partial charge is 0.462 e. The summed E-state index contributed by atoms with van der Waals surface area (Å²) in [6.07, 6.45) is 1.60. The Balaban J connectivity index is 1.54. The quantitative estimate of drug-likeness (QED) is 0.347. The number of aromatic nitrogens is 2. The molecule has 10 heteroatoms. The molecule has 0 radical (unpaired) electrons. The number of aryl methyl sites for hydroxylation is 1. The third-order valence-corrected chi connectivity index (χ3v) is 6.01. The number of hydrogen-bond acceptors (Lipinski definition) is 9.